The number of carbonyl (C=O) groups is 1. The number of nitrogens with zero attached hydrogens (tertiary/aromatic N) is 5. The van der Waals surface area contributed by atoms with Crippen molar-refractivity contribution in [2.24, 2.45) is 13.0 Å². The number of alkyl halides is 3. The van der Waals surface area contributed by atoms with Crippen molar-refractivity contribution in [2.45, 2.75) is 25.6 Å². The van der Waals surface area contributed by atoms with Gasteiger partial charge in [-0.2, -0.15) is 18.3 Å². The van der Waals surface area contributed by atoms with Crippen LogP contribution in [0.25, 0.3) is 0 Å². The normalized spacial score (nSPS) is 17.6. The summed E-state index contributed by atoms with van der Waals surface area (Å²) < 4.78 is 41.3. The summed E-state index contributed by atoms with van der Waals surface area (Å²) in [7, 11) is 3.43. The van der Waals surface area contributed by atoms with Crippen molar-refractivity contribution < 1.29 is 18.0 Å². The van der Waals surface area contributed by atoms with E-state index in [1.54, 1.807) is 34.4 Å². The monoisotopic (exact) mass is 341 g/mol. The third-order valence-electron chi connectivity index (χ3n) is 4.21. The molecule has 0 saturated heterocycles. The minimum atomic E-state index is -4.42. The second-order valence-corrected chi connectivity index (χ2v) is 6.19. The lowest BCUT2D eigenvalue weighted by Crippen LogP contribution is -2.35. The molecule has 0 spiro atoms. The first kappa shape index (κ1) is 16.5. The summed E-state index contributed by atoms with van der Waals surface area (Å²) in [5.41, 5.74) is -0.351. The molecule has 1 amide bonds. The Kier molecular flexibility index (Phi) is 4.10. The number of aryl methyl sites for hydroxylation is 2. The smallest absolute Gasteiger partial charge is 0.341 e. The number of rotatable bonds is 3. The molecule has 24 heavy (non-hydrogen) atoms. The molecular formula is C15H18F3N5O. The summed E-state index contributed by atoms with van der Waals surface area (Å²) in [6, 6.07) is 0. The first-order valence-electron chi connectivity index (χ1n) is 7.61. The van der Waals surface area contributed by atoms with Gasteiger partial charge in [0.25, 0.3) is 5.91 Å². The lowest BCUT2D eigenvalue weighted by Gasteiger charge is -2.28. The van der Waals surface area contributed by atoms with Gasteiger partial charge in [0.05, 0.1) is 11.8 Å². The van der Waals surface area contributed by atoms with Gasteiger partial charge in [0.1, 0.15) is 5.82 Å². The number of hydrogen-bond acceptors (Lipinski definition) is 3. The van der Waals surface area contributed by atoms with Crippen molar-refractivity contribution in [3.8, 4) is 0 Å². The van der Waals surface area contributed by atoms with E-state index in [1.165, 1.54) is 6.20 Å². The fourth-order valence-corrected chi connectivity index (χ4v) is 3.02. The fourth-order valence-electron chi connectivity index (χ4n) is 3.02. The molecule has 3 heterocycles. The molecule has 0 radical (unpaired) electrons. The molecule has 9 heteroatoms. The molecule has 0 fully saturated rings. The largest absolute Gasteiger partial charge is 0.434 e. The van der Waals surface area contributed by atoms with E-state index in [0.717, 1.165) is 6.20 Å². The Labute approximate surface area is 136 Å². The van der Waals surface area contributed by atoms with E-state index in [-0.39, 0.29) is 11.8 Å². The molecule has 2 aromatic heterocycles. The molecule has 130 valence electrons. The van der Waals surface area contributed by atoms with E-state index in [0.29, 0.717) is 37.3 Å². The van der Waals surface area contributed by atoms with Crippen LogP contribution >= 0.6 is 0 Å². The standard InChI is InChI=1S/C15H18F3N5O/c1-21(14(24)11-5-19-22(2)8-11)6-10-3-4-13-20-12(15(16,17)18)9-23(13)7-10/h5,8-10H,3-4,6-7H2,1-2H3. The van der Waals surface area contributed by atoms with Gasteiger partial charge in [-0.1, -0.05) is 0 Å². The van der Waals surface area contributed by atoms with Crippen molar-refractivity contribution >= 4 is 5.91 Å². The maximum Gasteiger partial charge on any atom is 0.434 e. The third kappa shape index (κ3) is 3.29. The van der Waals surface area contributed by atoms with E-state index >= 15 is 0 Å². The van der Waals surface area contributed by atoms with E-state index in [2.05, 4.69) is 10.1 Å². The number of halogens is 3. The quantitative estimate of drug-likeness (QED) is 0.858. The Morgan fingerprint density at radius 2 is 2.17 bits per heavy atom. The topological polar surface area (TPSA) is 56.0 Å². The molecule has 2 aromatic rings. The van der Waals surface area contributed by atoms with Crippen LogP contribution < -0.4 is 0 Å². The van der Waals surface area contributed by atoms with Gasteiger partial charge in [-0.15, -0.1) is 0 Å². The Morgan fingerprint density at radius 1 is 1.42 bits per heavy atom. The van der Waals surface area contributed by atoms with Crippen molar-refractivity contribution in [1.29, 1.82) is 0 Å². The van der Waals surface area contributed by atoms with Crippen molar-refractivity contribution in [3.05, 3.63) is 35.7 Å². The highest BCUT2D eigenvalue weighted by molar-refractivity contribution is 5.93. The van der Waals surface area contributed by atoms with Crippen LogP contribution in [-0.4, -0.2) is 43.7 Å². The molecule has 1 aliphatic rings. The number of imidazole rings is 1. The van der Waals surface area contributed by atoms with E-state index in [4.69, 9.17) is 0 Å². The molecule has 6 nitrogen and oxygen atoms in total. The number of aromatic nitrogens is 4. The molecule has 1 aliphatic heterocycles. The summed E-state index contributed by atoms with van der Waals surface area (Å²) in [5.74, 6) is 0.411. The highest BCUT2D eigenvalue weighted by atomic mass is 19.4. The Balaban J connectivity index is 1.65. The first-order valence-corrected chi connectivity index (χ1v) is 7.61. The summed E-state index contributed by atoms with van der Waals surface area (Å²) in [6.45, 7) is 0.912. The maximum absolute atomic E-state index is 12.7. The number of amides is 1. The van der Waals surface area contributed by atoms with Crippen LogP contribution in [0.1, 0.15) is 28.3 Å². The molecule has 1 atom stereocenters. The van der Waals surface area contributed by atoms with Gasteiger partial charge in [0.2, 0.25) is 0 Å². The molecule has 0 N–H and O–H groups in total. The second-order valence-electron chi connectivity index (χ2n) is 6.19. The van der Waals surface area contributed by atoms with Crippen LogP contribution in [-0.2, 0) is 26.2 Å². The number of carbonyl (C=O) groups excluding carboxylic acids is 1. The summed E-state index contributed by atoms with van der Waals surface area (Å²) in [5, 5.41) is 3.97. The average molecular weight is 341 g/mol. The predicted octanol–water partition coefficient (Wildman–Crippen LogP) is 1.97. The Hall–Kier alpha value is -2.32. The van der Waals surface area contributed by atoms with Crippen LogP contribution in [0.4, 0.5) is 13.2 Å². The summed E-state index contributed by atoms with van der Waals surface area (Å²) in [6.07, 6.45) is 0.971. The minimum absolute atomic E-state index is 0.0957. The van der Waals surface area contributed by atoms with Crippen molar-refractivity contribution in [3.63, 3.8) is 0 Å². The predicted molar refractivity (Wildman–Crippen MR) is 79.2 cm³/mol. The molecule has 3 rings (SSSR count). The highest BCUT2D eigenvalue weighted by Gasteiger charge is 2.36. The number of fused-ring (bicyclic) bond motifs is 1. The SMILES string of the molecule is CN(CC1CCc2nc(C(F)(F)F)cn2C1)C(=O)c1cnn(C)c1. The van der Waals surface area contributed by atoms with Crippen LogP contribution in [0.2, 0.25) is 0 Å². The van der Waals surface area contributed by atoms with Gasteiger partial charge in [-0.3, -0.25) is 9.48 Å². The van der Waals surface area contributed by atoms with Gasteiger partial charge in [-0.05, 0) is 12.3 Å². The first-order chi connectivity index (χ1) is 11.2. The molecule has 0 saturated carbocycles. The average Bonchev–Trinajstić information content (AvgIpc) is 3.11. The lowest BCUT2D eigenvalue weighted by molar-refractivity contribution is -0.141. The van der Waals surface area contributed by atoms with Crippen LogP contribution in [0.3, 0.4) is 0 Å². The molecular weight excluding hydrogens is 323 g/mol. The summed E-state index contributed by atoms with van der Waals surface area (Å²) >= 11 is 0. The molecule has 1 unspecified atom stereocenters. The van der Waals surface area contributed by atoms with Crippen LogP contribution in [0.15, 0.2) is 18.6 Å². The van der Waals surface area contributed by atoms with E-state index in [9.17, 15) is 18.0 Å². The Morgan fingerprint density at radius 3 is 2.79 bits per heavy atom. The molecule has 0 aliphatic carbocycles. The van der Waals surface area contributed by atoms with E-state index in [1.807, 2.05) is 0 Å². The summed E-state index contributed by atoms with van der Waals surface area (Å²) in [4.78, 5) is 17.6. The van der Waals surface area contributed by atoms with Crippen molar-refractivity contribution in [1.82, 2.24) is 24.2 Å². The van der Waals surface area contributed by atoms with Gasteiger partial charge >= 0.3 is 6.18 Å². The van der Waals surface area contributed by atoms with Crippen LogP contribution in [0.5, 0.6) is 0 Å². The molecule has 0 aromatic carbocycles. The van der Waals surface area contributed by atoms with Gasteiger partial charge in [0.15, 0.2) is 5.69 Å². The fraction of sp³-hybridized carbons (Fsp3) is 0.533. The maximum atomic E-state index is 12.7. The lowest BCUT2D eigenvalue weighted by atomic mass is 9.99. The van der Waals surface area contributed by atoms with Gasteiger partial charge in [-0.25, -0.2) is 4.98 Å². The van der Waals surface area contributed by atoms with Crippen LogP contribution in [0, 0.1) is 5.92 Å². The number of hydrogen-bond donors (Lipinski definition) is 0. The van der Waals surface area contributed by atoms with Gasteiger partial charge < -0.3 is 9.47 Å². The van der Waals surface area contributed by atoms with Gasteiger partial charge in [0, 0.05) is 46.0 Å². The van der Waals surface area contributed by atoms with E-state index < -0.39 is 11.9 Å². The highest BCUT2D eigenvalue weighted by Crippen LogP contribution is 2.30. The zero-order valence-corrected chi connectivity index (χ0v) is 13.4. The Bertz CT molecular complexity index is 749. The third-order valence-corrected chi connectivity index (χ3v) is 4.21. The minimum Gasteiger partial charge on any atom is -0.341 e. The zero-order chi connectivity index (χ0) is 17.5. The van der Waals surface area contributed by atoms with Crippen molar-refractivity contribution in [2.75, 3.05) is 13.6 Å². The second kappa shape index (κ2) is 5.95. The molecule has 0 bridgehead atoms. The zero-order valence-electron chi connectivity index (χ0n) is 13.4.